The fourth-order valence-corrected chi connectivity index (χ4v) is 2.26. The minimum Gasteiger partial charge on any atom is -0.463 e. The normalized spacial score (nSPS) is 28.6. The topological polar surface area (TPSA) is 124 Å². The highest BCUT2D eigenvalue weighted by atomic mass is 16.7. The second-order valence-corrected chi connectivity index (χ2v) is 5.06. The Morgan fingerprint density at radius 3 is 2.00 bits per heavy atom. The average Bonchev–Trinajstić information content (AvgIpc) is 2.78. The van der Waals surface area contributed by atoms with Crippen molar-refractivity contribution in [3.63, 3.8) is 0 Å². The summed E-state index contributed by atoms with van der Waals surface area (Å²) in [5.41, 5.74) is 0. The van der Waals surface area contributed by atoms with Crippen LogP contribution in [0, 0.1) is 12.0 Å². The summed E-state index contributed by atoms with van der Waals surface area (Å²) in [6.07, 6.45) is -5.32. The maximum Gasteiger partial charge on any atom is 0.303 e. The third kappa shape index (κ3) is 7.15. The van der Waals surface area contributed by atoms with Gasteiger partial charge in [0.25, 0.3) is 6.29 Å². The van der Waals surface area contributed by atoms with Crippen LogP contribution < -0.4 is 0 Å². The molecule has 0 spiro atoms. The summed E-state index contributed by atoms with van der Waals surface area (Å²) in [5, 5.41) is 0. The van der Waals surface area contributed by atoms with Crippen LogP contribution in [0.2, 0.25) is 0 Å². The van der Waals surface area contributed by atoms with Gasteiger partial charge in [0.2, 0.25) is 6.10 Å². The Morgan fingerprint density at radius 2 is 1.44 bits per heavy atom. The van der Waals surface area contributed by atoms with E-state index in [0.29, 0.717) is 0 Å². The number of hydrogen-bond acceptors (Lipinski definition) is 10. The van der Waals surface area contributed by atoms with Crippen molar-refractivity contribution in [1.29, 1.82) is 0 Å². The van der Waals surface area contributed by atoms with E-state index >= 15 is 0 Å². The molecule has 5 atom stereocenters. The van der Waals surface area contributed by atoms with E-state index in [-0.39, 0.29) is 0 Å². The van der Waals surface area contributed by atoms with Crippen molar-refractivity contribution in [3.05, 3.63) is 0 Å². The van der Waals surface area contributed by atoms with Gasteiger partial charge in [-0.05, 0) is 0 Å². The van der Waals surface area contributed by atoms with Gasteiger partial charge in [0.15, 0.2) is 12.2 Å². The van der Waals surface area contributed by atoms with Crippen molar-refractivity contribution in [1.82, 2.24) is 0 Å². The van der Waals surface area contributed by atoms with Gasteiger partial charge in [-0.25, -0.2) is 0 Å². The van der Waals surface area contributed by atoms with Gasteiger partial charge < -0.3 is 28.4 Å². The van der Waals surface area contributed by atoms with Gasteiger partial charge in [0, 0.05) is 40.0 Å². The fraction of sp³-hybridized carbons (Fsp3) is 0.647. The lowest BCUT2D eigenvalue weighted by Gasteiger charge is -2.43. The maximum absolute atomic E-state index is 11.8. The van der Waals surface area contributed by atoms with Gasteiger partial charge in [-0.1, -0.05) is 5.92 Å². The van der Waals surface area contributed by atoms with E-state index in [9.17, 15) is 19.2 Å². The molecule has 1 aliphatic rings. The summed E-state index contributed by atoms with van der Waals surface area (Å²) in [7, 11) is 0. The summed E-state index contributed by atoms with van der Waals surface area (Å²) in [5.74, 6) is -1.71. The Morgan fingerprint density at radius 1 is 0.889 bits per heavy atom. The molecule has 0 N–H and O–H groups in total. The van der Waals surface area contributed by atoms with Gasteiger partial charge in [0.1, 0.15) is 18.8 Å². The number of rotatable bonds is 6. The second-order valence-electron chi connectivity index (χ2n) is 5.06. The van der Waals surface area contributed by atoms with Crippen molar-refractivity contribution >= 4 is 23.9 Å². The molecule has 0 radical (unpaired) electrons. The van der Waals surface area contributed by atoms with Gasteiger partial charge >= 0.3 is 23.9 Å². The predicted molar refractivity (Wildman–Crippen MR) is 86.5 cm³/mol. The van der Waals surface area contributed by atoms with E-state index in [1.165, 1.54) is 6.92 Å². The van der Waals surface area contributed by atoms with Crippen molar-refractivity contribution in [2.24, 2.45) is 0 Å². The van der Waals surface area contributed by atoms with Crippen molar-refractivity contribution in [2.75, 3.05) is 6.61 Å². The van der Waals surface area contributed by atoms with Crippen LogP contribution in [0.5, 0.6) is 0 Å². The highest BCUT2D eigenvalue weighted by Crippen LogP contribution is 2.29. The number of carbonyl (C=O) groups excluding carboxylic acids is 4. The fourth-order valence-electron chi connectivity index (χ4n) is 2.26. The van der Waals surface area contributed by atoms with Crippen LogP contribution in [0.1, 0.15) is 40.0 Å². The molecule has 0 aromatic rings. The molecule has 0 aromatic carbocycles. The molecular weight excluding hydrogens is 364 g/mol. The quantitative estimate of drug-likeness (QED) is 0.349. The lowest BCUT2D eigenvalue weighted by Crippen LogP contribution is -2.62. The minimum atomic E-state index is -1.60. The first-order chi connectivity index (χ1) is 14.8. The molecule has 1 fully saturated rings. The van der Waals surface area contributed by atoms with E-state index in [4.69, 9.17) is 33.9 Å². The molecule has 1 rings (SSSR count). The summed E-state index contributed by atoms with van der Waals surface area (Å²) in [6, 6.07) is 0. The molecule has 10 nitrogen and oxygen atoms in total. The Hall–Kier alpha value is -2.80. The Labute approximate surface area is 162 Å². The van der Waals surface area contributed by atoms with Gasteiger partial charge in [-0.15, -0.1) is 0 Å². The largest absolute Gasteiger partial charge is 0.463 e. The molecule has 27 heavy (non-hydrogen) atoms. The standard InChI is InChI=1S/C17H22O10/c1-6-7-22-17-16(26-12(5)21)15(25-11(4)20)14(24-10(3)19)13(27-17)8-23-9(2)18/h13-17H,8H2,1-5H3/t13-,14-,15+,16+,17?/m1/s1/i2D,3D,4D,5D. The molecule has 0 aromatic heterocycles. The molecule has 150 valence electrons. The summed E-state index contributed by atoms with van der Waals surface area (Å²) < 4.78 is 59.4. The molecule has 1 heterocycles. The van der Waals surface area contributed by atoms with Crippen LogP contribution in [-0.4, -0.2) is 61.2 Å². The zero-order valence-corrected chi connectivity index (χ0v) is 14.5. The SMILES string of the molecule is [2H]CC(=O)OC[C@H]1OC(OC#CC)[C@@H](OC(=O)C[2H])[C@@H](OC(=O)C[2H])[C@@H]1OC(=O)C[2H]. The summed E-state index contributed by atoms with van der Waals surface area (Å²) in [4.78, 5) is 46.8. The van der Waals surface area contributed by atoms with Crippen LogP contribution in [0.15, 0.2) is 0 Å². The third-order valence-electron chi connectivity index (χ3n) is 3.08. The van der Waals surface area contributed by atoms with Crippen LogP contribution >= 0.6 is 0 Å². The van der Waals surface area contributed by atoms with Crippen molar-refractivity contribution in [2.45, 2.75) is 65.2 Å². The third-order valence-corrected chi connectivity index (χ3v) is 3.08. The maximum atomic E-state index is 11.8. The first-order valence-corrected chi connectivity index (χ1v) is 7.45. The molecule has 1 saturated heterocycles. The average molecular weight is 390 g/mol. The van der Waals surface area contributed by atoms with E-state index in [1.54, 1.807) is 0 Å². The van der Waals surface area contributed by atoms with Gasteiger partial charge in [0.05, 0.1) is 0 Å². The van der Waals surface area contributed by atoms with Gasteiger partial charge in [-0.3, -0.25) is 19.2 Å². The van der Waals surface area contributed by atoms with Crippen LogP contribution in [0.25, 0.3) is 0 Å². The van der Waals surface area contributed by atoms with E-state index in [2.05, 4.69) is 12.0 Å². The zero-order valence-electron chi connectivity index (χ0n) is 18.5. The van der Waals surface area contributed by atoms with Crippen molar-refractivity contribution < 1.29 is 53.1 Å². The lowest BCUT2D eigenvalue weighted by atomic mass is 9.98. The Kier molecular flexibility index (Phi) is 6.29. The molecule has 0 saturated carbocycles. The number of ether oxygens (including phenoxy) is 6. The monoisotopic (exact) mass is 390 g/mol. The molecule has 0 bridgehead atoms. The first kappa shape index (κ1) is 16.4. The number of hydrogen-bond donors (Lipinski definition) is 0. The highest BCUT2D eigenvalue weighted by Gasteiger charge is 2.53. The molecule has 1 aliphatic heterocycles. The minimum absolute atomic E-state index is 0.568. The lowest BCUT2D eigenvalue weighted by molar-refractivity contribution is -0.294. The molecular formula is C17H22O10. The first-order valence-electron chi connectivity index (χ1n) is 10.3. The number of carbonyl (C=O) groups is 4. The number of esters is 4. The summed E-state index contributed by atoms with van der Waals surface area (Å²) >= 11 is 0. The van der Waals surface area contributed by atoms with Crippen LogP contribution in [0.4, 0.5) is 0 Å². The van der Waals surface area contributed by atoms with E-state index in [0.717, 1.165) is 0 Å². The molecule has 0 amide bonds. The highest BCUT2D eigenvalue weighted by molar-refractivity contribution is 5.68. The Balaban J connectivity index is 3.36. The van der Waals surface area contributed by atoms with E-state index in [1.807, 2.05) is 0 Å². The second kappa shape index (κ2) is 10.4. The van der Waals surface area contributed by atoms with Gasteiger partial charge in [-0.2, -0.15) is 0 Å². The van der Waals surface area contributed by atoms with Crippen LogP contribution in [0.3, 0.4) is 0 Å². The zero-order chi connectivity index (χ0) is 23.4. The Bertz CT molecular complexity index is 707. The van der Waals surface area contributed by atoms with Crippen LogP contribution in [-0.2, 0) is 47.6 Å². The molecule has 1 unspecified atom stereocenters. The van der Waals surface area contributed by atoms with E-state index < -0.39 is 88.8 Å². The molecule has 0 aliphatic carbocycles. The smallest absolute Gasteiger partial charge is 0.303 e. The molecule has 10 heteroatoms. The predicted octanol–water partition coefficient (Wildman–Crippen LogP) is 0.0669. The summed E-state index contributed by atoms with van der Waals surface area (Å²) in [6.45, 7) is -2.28. The van der Waals surface area contributed by atoms with Crippen molar-refractivity contribution in [3.8, 4) is 12.0 Å².